The predicted octanol–water partition coefficient (Wildman–Crippen LogP) is 10.5. The van der Waals surface area contributed by atoms with Crippen LogP contribution in [0.4, 0.5) is 22.7 Å². The molecule has 0 bridgehead atoms. The van der Waals surface area contributed by atoms with Crippen LogP contribution in [0.25, 0.3) is 0 Å². The number of allylic oxidation sites excluding steroid dienone is 2. The Balaban J connectivity index is 1.63. The summed E-state index contributed by atoms with van der Waals surface area (Å²) < 4.78 is 0. The van der Waals surface area contributed by atoms with Gasteiger partial charge in [-0.3, -0.25) is 0 Å². The van der Waals surface area contributed by atoms with Crippen molar-refractivity contribution < 1.29 is 0 Å². The van der Waals surface area contributed by atoms with E-state index in [0.717, 1.165) is 22.7 Å². The molecule has 0 spiro atoms. The summed E-state index contributed by atoms with van der Waals surface area (Å²) in [6, 6.07) is 46.3. The van der Waals surface area contributed by atoms with Crippen LogP contribution in [0.15, 0.2) is 152 Å². The predicted molar refractivity (Wildman–Crippen MR) is 179 cm³/mol. The lowest BCUT2D eigenvalue weighted by Crippen LogP contribution is -2.56. The molecule has 0 unspecified atom stereocenters. The van der Waals surface area contributed by atoms with Crippen LogP contribution in [0.3, 0.4) is 0 Å². The van der Waals surface area contributed by atoms with E-state index in [9.17, 15) is 0 Å². The Bertz CT molecular complexity index is 1480. The highest BCUT2D eigenvalue weighted by Crippen LogP contribution is 2.46. The van der Waals surface area contributed by atoms with Crippen LogP contribution in [0.5, 0.6) is 0 Å². The first kappa shape index (κ1) is 27.4. The fraction of sp³-hybridized carbons (Fsp3) is 0.150. The summed E-state index contributed by atoms with van der Waals surface area (Å²) >= 11 is 0. The first-order valence-electron chi connectivity index (χ1n) is 14.7. The largest absolute Gasteiger partial charge is 0.311 e. The van der Waals surface area contributed by atoms with Crippen molar-refractivity contribution in [2.45, 2.75) is 39.3 Å². The lowest BCUT2D eigenvalue weighted by Gasteiger charge is -2.51. The highest BCUT2D eigenvalue weighted by atomic mass is 15.4. The second-order valence-corrected chi connectivity index (χ2v) is 11.5. The van der Waals surface area contributed by atoms with Gasteiger partial charge < -0.3 is 9.80 Å². The summed E-state index contributed by atoms with van der Waals surface area (Å²) in [7, 11) is 0. The summed E-state index contributed by atoms with van der Waals surface area (Å²) in [5.74, 6) is 0.190. The highest BCUT2D eigenvalue weighted by molar-refractivity contribution is 5.78. The third kappa shape index (κ3) is 5.41. The maximum Gasteiger partial charge on any atom is 0.160 e. The zero-order chi connectivity index (χ0) is 29.1. The molecule has 6 rings (SSSR count). The molecule has 0 radical (unpaired) electrons. The Labute approximate surface area is 250 Å². The molecule has 1 aliphatic rings. The number of rotatable bonds is 7. The second-order valence-electron chi connectivity index (χ2n) is 11.5. The van der Waals surface area contributed by atoms with Gasteiger partial charge in [0.1, 0.15) is 0 Å². The number of hydrogen-bond donors (Lipinski definition) is 0. The van der Waals surface area contributed by atoms with E-state index in [1.165, 1.54) is 27.8 Å². The maximum atomic E-state index is 2.47. The quantitative estimate of drug-likeness (QED) is 0.148. The Morgan fingerprint density at radius 2 is 0.714 bits per heavy atom. The molecule has 0 heterocycles. The van der Waals surface area contributed by atoms with Gasteiger partial charge in [0.2, 0.25) is 0 Å². The number of nitrogens with zero attached hydrogens (tertiary/aromatic N) is 2. The van der Waals surface area contributed by atoms with Gasteiger partial charge in [-0.1, -0.05) is 113 Å². The number of anilines is 4. The van der Waals surface area contributed by atoms with E-state index in [-0.39, 0.29) is 5.92 Å². The van der Waals surface area contributed by atoms with Crippen LogP contribution < -0.4 is 9.80 Å². The summed E-state index contributed by atoms with van der Waals surface area (Å²) in [6.45, 7) is 8.58. The molecular formula is C40H38N2. The Kier molecular flexibility index (Phi) is 7.54. The Hall–Kier alpha value is -4.82. The van der Waals surface area contributed by atoms with Gasteiger partial charge in [-0.05, 0) is 93.9 Å². The van der Waals surface area contributed by atoms with Crippen LogP contribution >= 0.6 is 0 Å². The number of benzene rings is 5. The fourth-order valence-electron chi connectivity index (χ4n) is 5.81. The van der Waals surface area contributed by atoms with Crippen molar-refractivity contribution in [3.63, 3.8) is 0 Å². The van der Waals surface area contributed by atoms with Crippen molar-refractivity contribution in [3.8, 4) is 0 Å². The van der Waals surface area contributed by atoms with Gasteiger partial charge in [0.05, 0.1) is 0 Å². The van der Waals surface area contributed by atoms with Crippen molar-refractivity contribution in [1.29, 1.82) is 0 Å². The molecule has 1 aliphatic carbocycles. The second kappa shape index (κ2) is 11.6. The molecule has 42 heavy (non-hydrogen) atoms. The molecule has 0 saturated heterocycles. The molecule has 5 aromatic rings. The molecule has 5 aromatic carbocycles. The van der Waals surface area contributed by atoms with Gasteiger partial charge in [0.15, 0.2) is 5.66 Å². The molecule has 2 nitrogen and oxygen atoms in total. The molecular weight excluding hydrogens is 508 g/mol. The van der Waals surface area contributed by atoms with Crippen LogP contribution in [0.1, 0.15) is 33.7 Å². The lowest BCUT2D eigenvalue weighted by molar-refractivity contribution is 0.625. The first-order valence-corrected chi connectivity index (χ1v) is 14.7. The van der Waals surface area contributed by atoms with Gasteiger partial charge in [-0.2, -0.15) is 0 Å². The standard InChI is InChI=1S/C40H38N2/c1-30-10-18-36(19-11-30)41(37-20-12-31(2)13-21-37)40(28-26-35(27-29-40)34-8-6-5-7-9-34)42(38-22-14-32(3)15-23-38)39-24-16-33(4)17-25-39/h5-29,35H,1-4H3. The van der Waals surface area contributed by atoms with E-state index in [2.05, 4.69) is 189 Å². The minimum absolute atomic E-state index is 0.190. The first-order chi connectivity index (χ1) is 20.4. The molecule has 0 saturated carbocycles. The molecule has 2 heteroatoms. The van der Waals surface area contributed by atoms with Gasteiger partial charge in [-0.15, -0.1) is 0 Å². The summed E-state index contributed by atoms with van der Waals surface area (Å²) in [4.78, 5) is 4.94. The SMILES string of the molecule is Cc1ccc(N(c2ccc(C)cc2)C2(N(c3ccc(C)cc3)c3ccc(C)cc3)C=CC(c3ccccc3)C=C2)cc1. The molecule has 0 fully saturated rings. The third-order valence-corrected chi connectivity index (χ3v) is 8.17. The summed E-state index contributed by atoms with van der Waals surface area (Å²) in [5, 5.41) is 0. The smallest absolute Gasteiger partial charge is 0.160 e. The number of hydrogen-bond acceptors (Lipinski definition) is 2. The molecule has 208 valence electrons. The molecule has 0 aromatic heterocycles. The van der Waals surface area contributed by atoms with Crippen LogP contribution in [0.2, 0.25) is 0 Å². The zero-order valence-corrected chi connectivity index (χ0v) is 24.9. The highest BCUT2D eigenvalue weighted by Gasteiger charge is 2.42. The maximum absolute atomic E-state index is 2.47. The zero-order valence-electron chi connectivity index (χ0n) is 24.9. The lowest BCUT2D eigenvalue weighted by atomic mass is 9.87. The average Bonchev–Trinajstić information content (AvgIpc) is 3.02. The van der Waals surface area contributed by atoms with Crippen molar-refractivity contribution >= 4 is 22.7 Å². The van der Waals surface area contributed by atoms with E-state index in [1.54, 1.807) is 0 Å². The average molecular weight is 547 g/mol. The van der Waals surface area contributed by atoms with Crippen molar-refractivity contribution in [1.82, 2.24) is 0 Å². The van der Waals surface area contributed by atoms with Crippen molar-refractivity contribution in [2.24, 2.45) is 0 Å². The van der Waals surface area contributed by atoms with E-state index >= 15 is 0 Å². The van der Waals surface area contributed by atoms with E-state index < -0.39 is 5.66 Å². The third-order valence-electron chi connectivity index (χ3n) is 8.17. The Morgan fingerprint density at radius 1 is 0.405 bits per heavy atom. The van der Waals surface area contributed by atoms with E-state index in [0.29, 0.717) is 0 Å². The Morgan fingerprint density at radius 3 is 1.02 bits per heavy atom. The normalized spacial score (nSPS) is 14.1. The molecule has 0 aliphatic heterocycles. The van der Waals surface area contributed by atoms with E-state index in [4.69, 9.17) is 0 Å². The van der Waals surface area contributed by atoms with Gasteiger partial charge in [0.25, 0.3) is 0 Å². The van der Waals surface area contributed by atoms with Crippen molar-refractivity contribution in [2.75, 3.05) is 9.80 Å². The minimum atomic E-state index is -0.680. The van der Waals surface area contributed by atoms with Crippen LogP contribution in [-0.4, -0.2) is 5.66 Å². The topological polar surface area (TPSA) is 6.48 Å². The van der Waals surface area contributed by atoms with E-state index in [1.807, 2.05) is 0 Å². The van der Waals surface area contributed by atoms with Gasteiger partial charge in [-0.25, -0.2) is 0 Å². The summed E-state index contributed by atoms with van der Waals surface area (Å²) in [5.41, 5.74) is 10.1. The van der Waals surface area contributed by atoms with Gasteiger partial charge >= 0.3 is 0 Å². The molecule has 0 atom stereocenters. The summed E-state index contributed by atoms with van der Waals surface area (Å²) in [6.07, 6.45) is 9.51. The van der Waals surface area contributed by atoms with Gasteiger partial charge in [0, 0.05) is 28.7 Å². The monoisotopic (exact) mass is 546 g/mol. The molecule has 0 N–H and O–H groups in total. The van der Waals surface area contributed by atoms with Crippen LogP contribution in [0, 0.1) is 27.7 Å². The fourth-order valence-corrected chi connectivity index (χ4v) is 5.81. The van der Waals surface area contributed by atoms with Crippen LogP contribution in [-0.2, 0) is 0 Å². The molecule has 0 amide bonds. The minimum Gasteiger partial charge on any atom is -0.311 e. The van der Waals surface area contributed by atoms with Crippen molar-refractivity contribution in [3.05, 3.63) is 180 Å². The number of aryl methyl sites for hydroxylation is 4.